The van der Waals surface area contributed by atoms with Crippen molar-refractivity contribution in [2.24, 2.45) is 13.0 Å². The topological polar surface area (TPSA) is 184 Å². The van der Waals surface area contributed by atoms with Crippen molar-refractivity contribution in [2.45, 2.75) is 90.7 Å². The molecule has 0 radical (unpaired) electrons. The summed E-state index contributed by atoms with van der Waals surface area (Å²) in [6.45, 7) is 14.2. The molecule has 3 saturated heterocycles. The zero-order valence-corrected chi connectivity index (χ0v) is 46.5. The standard InChI is InChI=1S/C61H68N10O7S/c1-38-42(43-20-22-52(63-56(43)59(76)78-61(2,3)4)71-29-26-40-12-8-14-44(47(40)36-71)57(74)65-60-62-48-15-6-7-17-51(48)79-60)13-9-16-50(38)77-34-10-11-39-24-27-68(28-25-39)37-54(73)70-32-30-69(31-33-70)41-18-19-45-49(35-41)67(5)66-55(45)46-21-23-53(72)64-58(46)75/h6-9,12-20,22,35,39,46H,10-11,21,23-34,36-37H2,1-5H3,(H,62,65,74)(H,64,72,75). The van der Waals surface area contributed by atoms with E-state index >= 15 is 0 Å². The Hall–Kier alpha value is -7.70. The Morgan fingerprint density at radius 1 is 0.823 bits per heavy atom. The minimum absolute atomic E-state index is 0.178. The van der Waals surface area contributed by atoms with Gasteiger partial charge in [0.1, 0.15) is 17.2 Å². The van der Waals surface area contributed by atoms with Crippen molar-refractivity contribution >= 4 is 78.7 Å². The number of imide groups is 1. The van der Waals surface area contributed by atoms with Crippen LogP contribution < -0.4 is 25.2 Å². The molecular weight excluding hydrogens is 1020 g/mol. The third-order valence-electron chi connectivity index (χ3n) is 15.9. The van der Waals surface area contributed by atoms with Crippen molar-refractivity contribution in [3.05, 3.63) is 125 Å². The highest BCUT2D eigenvalue weighted by atomic mass is 32.1. The molecule has 7 aromatic rings. The second kappa shape index (κ2) is 22.6. The lowest BCUT2D eigenvalue weighted by Gasteiger charge is -2.38. The fourth-order valence-electron chi connectivity index (χ4n) is 11.6. The van der Waals surface area contributed by atoms with Crippen molar-refractivity contribution < 1.29 is 33.4 Å². The van der Waals surface area contributed by atoms with Crippen LogP contribution in [0.5, 0.6) is 5.75 Å². The van der Waals surface area contributed by atoms with Gasteiger partial charge in [0.05, 0.1) is 40.5 Å². The van der Waals surface area contributed by atoms with Gasteiger partial charge in [0.15, 0.2) is 10.8 Å². The number of piperidine rings is 2. The number of hydrogen-bond acceptors (Lipinski definition) is 14. The number of hydrogen-bond donors (Lipinski definition) is 2. The third-order valence-corrected chi connectivity index (χ3v) is 16.9. The van der Waals surface area contributed by atoms with E-state index in [1.807, 2.05) is 117 Å². The van der Waals surface area contributed by atoms with E-state index in [2.05, 4.69) is 48.5 Å². The predicted octanol–water partition coefficient (Wildman–Crippen LogP) is 9.06. The molecule has 17 nitrogen and oxygen atoms in total. The number of esters is 1. The Bertz CT molecular complexity index is 3440. The predicted molar refractivity (Wildman–Crippen MR) is 307 cm³/mol. The number of anilines is 3. The highest BCUT2D eigenvalue weighted by molar-refractivity contribution is 7.22. The molecule has 7 heterocycles. The van der Waals surface area contributed by atoms with E-state index in [0.29, 0.717) is 92.3 Å². The average molecular weight is 1090 g/mol. The molecule has 410 valence electrons. The summed E-state index contributed by atoms with van der Waals surface area (Å²) in [6, 6.07) is 29.7. The number of rotatable bonds is 14. The van der Waals surface area contributed by atoms with E-state index in [1.165, 1.54) is 11.3 Å². The van der Waals surface area contributed by atoms with Crippen LogP contribution in [-0.4, -0.2) is 124 Å². The van der Waals surface area contributed by atoms with Crippen LogP contribution in [0.15, 0.2) is 91.0 Å². The number of nitrogens with one attached hydrogen (secondary N) is 2. The maximum atomic E-state index is 14.1. The summed E-state index contributed by atoms with van der Waals surface area (Å²) in [7, 11) is 1.88. The van der Waals surface area contributed by atoms with Crippen LogP contribution in [0.4, 0.5) is 16.6 Å². The molecule has 1 atom stereocenters. The first-order valence-corrected chi connectivity index (χ1v) is 28.5. The summed E-state index contributed by atoms with van der Waals surface area (Å²) in [5.74, 6) is 0.414. The van der Waals surface area contributed by atoms with Gasteiger partial charge in [0, 0.05) is 74.9 Å². The molecule has 3 aromatic heterocycles. The Labute approximate surface area is 464 Å². The molecule has 0 bridgehead atoms. The summed E-state index contributed by atoms with van der Waals surface area (Å²) >= 11 is 1.45. The maximum absolute atomic E-state index is 14.1. The Kier molecular flexibility index (Phi) is 15.2. The number of amides is 4. The van der Waals surface area contributed by atoms with Gasteiger partial charge in [-0.1, -0.05) is 47.7 Å². The lowest BCUT2D eigenvalue weighted by atomic mass is 9.92. The summed E-state index contributed by atoms with van der Waals surface area (Å²) in [5, 5.41) is 11.7. The SMILES string of the molecule is Cc1c(OCCCC2CCN(CC(=O)N3CCN(c4ccc5c(C6CCC(=O)NC6=O)nn(C)c5c4)CC3)CC2)cccc1-c1ccc(N2CCc3cccc(C(=O)Nc4nc5ccccc5s4)c3C2)nc1C(=O)OC(C)(C)C. The molecule has 18 heteroatoms. The second-order valence-electron chi connectivity index (χ2n) is 22.3. The largest absolute Gasteiger partial charge is 0.493 e. The minimum Gasteiger partial charge on any atom is -0.493 e. The first-order chi connectivity index (χ1) is 38.1. The molecular formula is C61H68N10O7S. The Morgan fingerprint density at radius 3 is 2.41 bits per heavy atom. The zero-order valence-electron chi connectivity index (χ0n) is 45.7. The van der Waals surface area contributed by atoms with Crippen LogP contribution in [0.2, 0.25) is 0 Å². The van der Waals surface area contributed by atoms with E-state index in [-0.39, 0.29) is 29.3 Å². The van der Waals surface area contributed by atoms with Gasteiger partial charge in [-0.15, -0.1) is 0 Å². The van der Waals surface area contributed by atoms with Crippen LogP contribution in [0, 0.1) is 12.8 Å². The fraction of sp³-hybridized carbons (Fsp3) is 0.410. The van der Waals surface area contributed by atoms with E-state index < -0.39 is 17.5 Å². The smallest absolute Gasteiger partial charge is 0.358 e. The van der Waals surface area contributed by atoms with Crippen molar-refractivity contribution in [3.8, 4) is 16.9 Å². The molecule has 3 fully saturated rings. The van der Waals surface area contributed by atoms with Gasteiger partial charge in [-0.2, -0.15) is 5.10 Å². The molecule has 2 N–H and O–H groups in total. The number of ether oxygens (including phenoxy) is 2. The third kappa shape index (κ3) is 11.7. The highest BCUT2D eigenvalue weighted by Crippen LogP contribution is 2.37. The summed E-state index contributed by atoms with van der Waals surface area (Å²) in [4.78, 5) is 84.2. The summed E-state index contributed by atoms with van der Waals surface area (Å²) < 4.78 is 15.3. The van der Waals surface area contributed by atoms with Gasteiger partial charge in [-0.05, 0) is 162 Å². The lowest BCUT2D eigenvalue weighted by molar-refractivity contribution is -0.135. The number of nitrogens with zero attached hydrogens (tertiary/aromatic N) is 8. The van der Waals surface area contributed by atoms with Gasteiger partial charge in [0.25, 0.3) is 5.91 Å². The quantitative estimate of drug-likeness (QED) is 0.0598. The van der Waals surface area contributed by atoms with Gasteiger partial charge >= 0.3 is 5.97 Å². The van der Waals surface area contributed by atoms with Gasteiger partial charge in [-0.3, -0.25) is 39.4 Å². The molecule has 0 spiro atoms. The van der Waals surface area contributed by atoms with Crippen LogP contribution in [0.25, 0.3) is 32.2 Å². The van der Waals surface area contributed by atoms with E-state index in [0.717, 1.165) is 107 Å². The number of fused-ring (bicyclic) bond motifs is 3. The van der Waals surface area contributed by atoms with Gasteiger partial charge in [0.2, 0.25) is 17.7 Å². The molecule has 4 aliphatic heterocycles. The molecule has 0 aliphatic carbocycles. The lowest BCUT2D eigenvalue weighted by Crippen LogP contribution is -2.52. The number of piperazine rings is 1. The zero-order chi connectivity index (χ0) is 55.0. The van der Waals surface area contributed by atoms with E-state index in [9.17, 15) is 24.0 Å². The molecule has 4 aromatic carbocycles. The van der Waals surface area contributed by atoms with Crippen LogP contribution >= 0.6 is 11.3 Å². The Balaban J connectivity index is 0.666. The molecule has 0 saturated carbocycles. The number of thiazole rings is 1. The maximum Gasteiger partial charge on any atom is 0.358 e. The first kappa shape index (κ1) is 53.3. The number of para-hydroxylation sites is 1. The monoisotopic (exact) mass is 1080 g/mol. The molecule has 79 heavy (non-hydrogen) atoms. The van der Waals surface area contributed by atoms with Crippen molar-refractivity contribution in [3.63, 3.8) is 0 Å². The number of aryl methyl sites for hydroxylation is 1. The minimum atomic E-state index is -0.747. The Morgan fingerprint density at radius 2 is 1.62 bits per heavy atom. The first-order valence-electron chi connectivity index (χ1n) is 27.7. The summed E-state index contributed by atoms with van der Waals surface area (Å²) in [5.41, 5.74) is 8.02. The molecule has 4 amide bonds. The van der Waals surface area contributed by atoms with Crippen LogP contribution in [0.1, 0.15) is 108 Å². The number of pyridine rings is 1. The number of likely N-dealkylation sites (tertiary alicyclic amines) is 1. The number of carbonyl (C=O) groups is 5. The van der Waals surface area contributed by atoms with E-state index in [4.69, 9.17) is 19.6 Å². The average Bonchev–Trinajstić information content (AvgIpc) is 4.17. The molecule has 1 unspecified atom stereocenters. The number of aromatic nitrogens is 4. The van der Waals surface area contributed by atoms with Gasteiger partial charge < -0.3 is 24.2 Å². The van der Waals surface area contributed by atoms with Gasteiger partial charge in [-0.25, -0.2) is 14.8 Å². The highest BCUT2D eigenvalue weighted by Gasteiger charge is 2.33. The molecule has 11 rings (SSSR count). The van der Waals surface area contributed by atoms with E-state index in [1.54, 1.807) is 0 Å². The summed E-state index contributed by atoms with van der Waals surface area (Å²) in [6.07, 6.45) is 5.49. The van der Waals surface area contributed by atoms with Crippen LogP contribution in [-0.2, 0) is 39.1 Å². The fourth-order valence-corrected chi connectivity index (χ4v) is 12.5. The second-order valence-corrected chi connectivity index (χ2v) is 23.4. The van der Waals surface area contributed by atoms with Crippen molar-refractivity contribution in [2.75, 3.05) is 74.1 Å². The van der Waals surface area contributed by atoms with Crippen LogP contribution in [0.3, 0.4) is 0 Å². The normalized spacial score (nSPS) is 17.5. The molecule has 4 aliphatic rings. The van der Waals surface area contributed by atoms with Crippen molar-refractivity contribution in [1.29, 1.82) is 0 Å². The van der Waals surface area contributed by atoms with Crippen molar-refractivity contribution in [1.82, 2.24) is 34.9 Å². The number of carbonyl (C=O) groups excluding carboxylic acids is 5. The number of benzene rings is 4.